The van der Waals surface area contributed by atoms with Gasteiger partial charge in [0, 0.05) is 43.0 Å². The Labute approximate surface area is 210 Å². The molecule has 1 aliphatic heterocycles. The Morgan fingerprint density at radius 2 is 1.91 bits per heavy atom. The van der Waals surface area contributed by atoms with Gasteiger partial charge in [-0.1, -0.05) is 42.1 Å². The topological polar surface area (TPSA) is 76.4 Å². The van der Waals surface area contributed by atoms with Crippen LogP contribution in [0.1, 0.15) is 23.6 Å². The Morgan fingerprint density at radius 1 is 1.16 bits per heavy atom. The number of ether oxygens (including phenoxy) is 1. The summed E-state index contributed by atoms with van der Waals surface area (Å²) in [4.78, 5) is 11.4. The summed E-state index contributed by atoms with van der Waals surface area (Å²) >= 11 is 1.77. The molecule has 1 unspecified atom stereocenters. The van der Waals surface area contributed by atoms with Crippen LogP contribution in [0.2, 0.25) is 0 Å². The van der Waals surface area contributed by atoms with E-state index in [1.165, 1.54) is 15.4 Å². The second kappa shape index (κ2) is 12.2. The monoisotopic (exact) mass is 564 g/mol. The number of halogens is 1. The van der Waals surface area contributed by atoms with Gasteiger partial charge in [0.1, 0.15) is 12.4 Å². The second-order valence-corrected chi connectivity index (χ2v) is 8.57. The van der Waals surface area contributed by atoms with Gasteiger partial charge in [0.05, 0.1) is 6.54 Å². The summed E-state index contributed by atoms with van der Waals surface area (Å²) in [6, 6.07) is 19.3. The average molecular weight is 564 g/mol. The van der Waals surface area contributed by atoms with Crippen molar-refractivity contribution in [3.05, 3.63) is 71.8 Å². The minimum Gasteiger partial charge on any atom is -0.377 e. The van der Waals surface area contributed by atoms with Gasteiger partial charge >= 0.3 is 0 Å². The highest BCUT2D eigenvalue weighted by Gasteiger charge is 2.22. The van der Waals surface area contributed by atoms with Crippen LogP contribution in [0.4, 0.5) is 0 Å². The third-order valence-corrected chi connectivity index (χ3v) is 6.12. The first-order chi connectivity index (χ1) is 15.2. The van der Waals surface area contributed by atoms with E-state index in [4.69, 9.17) is 4.74 Å². The lowest BCUT2D eigenvalue weighted by Crippen LogP contribution is -2.46. The summed E-state index contributed by atoms with van der Waals surface area (Å²) in [5.74, 6) is 2.57. The number of nitrogens with zero attached hydrogens (tertiary/aromatic N) is 4. The quantitative estimate of drug-likeness (QED) is 0.258. The first-order valence-electron chi connectivity index (χ1n) is 10.4. The number of aryl methyl sites for hydroxylation is 1. The zero-order chi connectivity index (χ0) is 21.5. The highest BCUT2D eigenvalue weighted by molar-refractivity contribution is 14.0. The molecule has 4 rings (SSSR count). The van der Waals surface area contributed by atoms with Crippen LogP contribution >= 0.6 is 35.7 Å². The average Bonchev–Trinajstić information content (AvgIpc) is 3.20. The van der Waals surface area contributed by atoms with Crippen LogP contribution in [-0.4, -0.2) is 40.9 Å². The summed E-state index contributed by atoms with van der Waals surface area (Å²) in [5.41, 5.74) is 1.21. The summed E-state index contributed by atoms with van der Waals surface area (Å²) in [7, 11) is 3.46. The molecule has 32 heavy (non-hydrogen) atoms. The van der Waals surface area contributed by atoms with Crippen LogP contribution in [0, 0.1) is 0 Å². The van der Waals surface area contributed by atoms with Crippen molar-refractivity contribution in [2.45, 2.75) is 48.4 Å². The van der Waals surface area contributed by atoms with Crippen LogP contribution in [0.25, 0.3) is 0 Å². The largest absolute Gasteiger partial charge is 0.377 e. The standard InChI is InChI=1S/C23H28N6OS.HI/c1-24-23(26-18-10-13-22-27-21(16-30-2)28-29(22)15-18)25-14-17-8-11-20(12-9-17)31-19-6-4-3-5-7-19;/h3-9,11-12,18H,10,13-16H2,1-2H3,(H2,24,25,26);1H. The molecule has 2 N–H and O–H groups in total. The number of hydrogen-bond acceptors (Lipinski definition) is 5. The van der Waals surface area contributed by atoms with Gasteiger partial charge in [0.15, 0.2) is 11.8 Å². The Bertz CT molecular complexity index is 1010. The van der Waals surface area contributed by atoms with Crippen LogP contribution in [0.3, 0.4) is 0 Å². The van der Waals surface area contributed by atoms with Crippen molar-refractivity contribution in [1.29, 1.82) is 0 Å². The van der Waals surface area contributed by atoms with Gasteiger partial charge in [-0.25, -0.2) is 9.67 Å². The van der Waals surface area contributed by atoms with Gasteiger partial charge in [-0.2, -0.15) is 5.10 Å². The van der Waals surface area contributed by atoms with Gasteiger partial charge < -0.3 is 15.4 Å². The van der Waals surface area contributed by atoms with E-state index in [1.807, 2.05) is 10.7 Å². The fraction of sp³-hybridized carbons (Fsp3) is 0.348. The summed E-state index contributed by atoms with van der Waals surface area (Å²) in [6.07, 6.45) is 1.89. The third kappa shape index (κ3) is 6.69. The lowest BCUT2D eigenvalue weighted by molar-refractivity contribution is 0.177. The number of fused-ring (bicyclic) bond motifs is 1. The van der Waals surface area contributed by atoms with Gasteiger partial charge in [-0.15, -0.1) is 24.0 Å². The minimum atomic E-state index is 0. The van der Waals surface area contributed by atoms with Crippen molar-refractivity contribution >= 4 is 41.7 Å². The van der Waals surface area contributed by atoms with Crippen molar-refractivity contribution in [2.24, 2.45) is 4.99 Å². The van der Waals surface area contributed by atoms with Crippen LogP contribution < -0.4 is 10.6 Å². The maximum Gasteiger partial charge on any atom is 0.191 e. The summed E-state index contributed by atoms with van der Waals surface area (Å²) < 4.78 is 7.12. The van der Waals surface area contributed by atoms with Gasteiger partial charge in [-0.3, -0.25) is 4.99 Å². The number of guanidine groups is 1. The van der Waals surface area contributed by atoms with E-state index >= 15 is 0 Å². The molecule has 7 nitrogen and oxygen atoms in total. The molecule has 0 saturated carbocycles. The number of nitrogens with one attached hydrogen (secondary N) is 2. The smallest absolute Gasteiger partial charge is 0.191 e. The molecule has 0 radical (unpaired) electrons. The maximum atomic E-state index is 5.14. The lowest BCUT2D eigenvalue weighted by Gasteiger charge is -2.25. The molecule has 1 aliphatic rings. The Balaban J connectivity index is 0.00000289. The van der Waals surface area contributed by atoms with E-state index in [2.05, 4.69) is 74.2 Å². The Kier molecular flexibility index (Phi) is 9.36. The van der Waals surface area contributed by atoms with Crippen molar-refractivity contribution in [3.8, 4) is 0 Å². The molecule has 170 valence electrons. The zero-order valence-corrected chi connectivity index (χ0v) is 21.5. The van der Waals surface area contributed by atoms with Crippen LogP contribution in [-0.2, 0) is 30.9 Å². The molecule has 3 aromatic rings. The molecule has 2 aromatic carbocycles. The van der Waals surface area contributed by atoms with Crippen molar-refractivity contribution < 1.29 is 4.74 Å². The van der Waals surface area contributed by atoms with Gasteiger partial charge in [0.25, 0.3) is 0 Å². The fourth-order valence-corrected chi connectivity index (χ4v) is 4.38. The van der Waals surface area contributed by atoms with E-state index in [9.17, 15) is 0 Å². The van der Waals surface area contributed by atoms with Crippen LogP contribution in [0.15, 0.2) is 69.4 Å². The molecule has 9 heteroatoms. The molecule has 0 spiro atoms. The molecule has 0 aliphatic carbocycles. The van der Waals surface area contributed by atoms with Crippen molar-refractivity contribution in [3.63, 3.8) is 0 Å². The second-order valence-electron chi connectivity index (χ2n) is 7.42. The summed E-state index contributed by atoms with van der Waals surface area (Å²) in [5, 5.41) is 11.5. The normalized spacial score (nSPS) is 15.6. The number of methoxy groups -OCH3 is 1. The van der Waals surface area contributed by atoms with Crippen LogP contribution in [0.5, 0.6) is 0 Å². The SMILES string of the molecule is CN=C(NCc1ccc(Sc2ccccc2)cc1)NC1CCc2nc(COC)nn2C1.I. The number of hydrogen-bond donors (Lipinski definition) is 2. The predicted molar refractivity (Wildman–Crippen MR) is 139 cm³/mol. The number of aliphatic imine (C=N–C) groups is 1. The molecule has 0 fully saturated rings. The Morgan fingerprint density at radius 3 is 2.62 bits per heavy atom. The molecule has 2 heterocycles. The third-order valence-electron chi connectivity index (χ3n) is 5.10. The van der Waals surface area contributed by atoms with E-state index in [0.29, 0.717) is 6.61 Å². The number of benzene rings is 2. The minimum absolute atomic E-state index is 0. The zero-order valence-electron chi connectivity index (χ0n) is 18.3. The van der Waals surface area contributed by atoms with E-state index in [0.717, 1.165) is 43.5 Å². The number of aromatic nitrogens is 3. The lowest BCUT2D eigenvalue weighted by atomic mass is 10.1. The molecule has 0 amide bonds. The van der Waals surface area contributed by atoms with Gasteiger partial charge in [0.2, 0.25) is 0 Å². The summed E-state index contributed by atoms with van der Waals surface area (Å²) in [6.45, 7) is 1.94. The highest BCUT2D eigenvalue weighted by atomic mass is 127. The first kappa shape index (κ1) is 24.5. The molecule has 1 aromatic heterocycles. The number of rotatable bonds is 7. The van der Waals surface area contributed by atoms with E-state index in [-0.39, 0.29) is 30.0 Å². The molecule has 0 saturated heterocycles. The first-order valence-corrected chi connectivity index (χ1v) is 11.3. The molecule has 0 bridgehead atoms. The van der Waals surface area contributed by atoms with Crippen molar-refractivity contribution in [1.82, 2.24) is 25.4 Å². The highest BCUT2D eigenvalue weighted by Crippen LogP contribution is 2.27. The fourth-order valence-electron chi connectivity index (χ4n) is 3.54. The molecular weight excluding hydrogens is 535 g/mol. The van der Waals surface area contributed by atoms with Crippen molar-refractivity contribution in [2.75, 3.05) is 14.2 Å². The molecule has 1 atom stereocenters. The predicted octanol–water partition coefficient (Wildman–Crippen LogP) is 3.87. The molecular formula is C23H29IN6OS. The van der Waals surface area contributed by atoms with E-state index < -0.39 is 0 Å². The maximum absolute atomic E-state index is 5.14. The van der Waals surface area contributed by atoms with Gasteiger partial charge in [-0.05, 0) is 36.2 Å². The van der Waals surface area contributed by atoms with E-state index in [1.54, 1.807) is 25.9 Å². The Hall–Kier alpha value is -2.11.